The molecule has 0 saturated carbocycles. The smallest absolute Gasteiger partial charge is 0.267 e. The van der Waals surface area contributed by atoms with Gasteiger partial charge >= 0.3 is 0 Å². The second-order valence-electron chi connectivity index (χ2n) is 4.83. The van der Waals surface area contributed by atoms with Crippen molar-refractivity contribution in [2.75, 3.05) is 11.9 Å². The van der Waals surface area contributed by atoms with Crippen LogP contribution >= 0.6 is 0 Å². The molecule has 2 rings (SSSR count). The highest BCUT2D eigenvalue weighted by atomic mass is 16.3. The first-order valence-electron chi connectivity index (χ1n) is 7.17. The van der Waals surface area contributed by atoms with Gasteiger partial charge in [0.2, 0.25) is 0 Å². The molecule has 0 aromatic heterocycles. The van der Waals surface area contributed by atoms with Gasteiger partial charge in [-0.2, -0.15) is 5.26 Å². The summed E-state index contributed by atoms with van der Waals surface area (Å²) in [4.78, 5) is 12.0. The van der Waals surface area contributed by atoms with Crippen LogP contribution in [-0.4, -0.2) is 17.6 Å². The number of hydrogen-bond donors (Lipinski definition) is 3. The van der Waals surface area contributed by atoms with Crippen LogP contribution in [0.4, 0.5) is 5.69 Å². The van der Waals surface area contributed by atoms with E-state index in [9.17, 15) is 9.90 Å². The molecule has 5 heteroatoms. The van der Waals surface area contributed by atoms with Crippen LogP contribution in [0.1, 0.15) is 5.56 Å². The Morgan fingerprint density at radius 3 is 2.52 bits per heavy atom. The summed E-state index contributed by atoms with van der Waals surface area (Å²) in [5.41, 5.74) is 1.38. The van der Waals surface area contributed by atoms with Crippen molar-refractivity contribution in [1.29, 1.82) is 5.26 Å². The molecule has 0 bridgehead atoms. The van der Waals surface area contributed by atoms with Gasteiger partial charge in [-0.15, -0.1) is 0 Å². The summed E-state index contributed by atoms with van der Waals surface area (Å²) in [6, 6.07) is 18.1. The summed E-state index contributed by atoms with van der Waals surface area (Å²) < 4.78 is 0. The van der Waals surface area contributed by atoms with E-state index in [1.807, 2.05) is 36.4 Å². The van der Waals surface area contributed by atoms with Crippen molar-refractivity contribution >= 4 is 11.6 Å². The van der Waals surface area contributed by atoms with E-state index in [-0.39, 0.29) is 17.0 Å². The SMILES string of the molecule is N#C/C(=C/NCCc1ccccc1)C(=O)Nc1ccccc1O. The number of nitriles is 1. The molecule has 2 aromatic rings. The number of para-hydroxylation sites is 2. The zero-order valence-corrected chi connectivity index (χ0v) is 12.5. The Kier molecular flexibility index (Phi) is 5.78. The highest BCUT2D eigenvalue weighted by molar-refractivity contribution is 6.07. The van der Waals surface area contributed by atoms with Crippen LogP contribution in [0, 0.1) is 11.3 Å². The number of nitrogens with zero attached hydrogens (tertiary/aromatic N) is 1. The van der Waals surface area contributed by atoms with Crippen molar-refractivity contribution in [1.82, 2.24) is 5.32 Å². The third-order valence-electron chi connectivity index (χ3n) is 3.16. The molecule has 116 valence electrons. The third kappa shape index (κ3) is 4.90. The molecule has 0 saturated heterocycles. The number of rotatable bonds is 6. The lowest BCUT2D eigenvalue weighted by Crippen LogP contribution is -2.18. The molecular weight excluding hydrogens is 290 g/mol. The summed E-state index contributed by atoms with van der Waals surface area (Å²) in [5, 5.41) is 24.2. The van der Waals surface area contributed by atoms with Crippen LogP contribution in [0.3, 0.4) is 0 Å². The van der Waals surface area contributed by atoms with Crippen LogP contribution in [-0.2, 0) is 11.2 Å². The maximum atomic E-state index is 12.0. The normalized spacial score (nSPS) is 10.7. The Morgan fingerprint density at radius 1 is 1.13 bits per heavy atom. The van der Waals surface area contributed by atoms with Crippen molar-refractivity contribution in [3.63, 3.8) is 0 Å². The number of phenols is 1. The molecule has 0 aliphatic carbocycles. The highest BCUT2D eigenvalue weighted by Crippen LogP contribution is 2.21. The lowest BCUT2D eigenvalue weighted by molar-refractivity contribution is -0.112. The molecule has 23 heavy (non-hydrogen) atoms. The number of aromatic hydroxyl groups is 1. The van der Waals surface area contributed by atoms with E-state index in [1.165, 1.54) is 17.8 Å². The lowest BCUT2D eigenvalue weighted by atomic mass is 10.1. The summed E-state index contributed by atoms with van der Waals surface area (Å²) >= 11 is 0. The molecular formula is C18H17N3O2. The fourth-order valence-electron chi connectivity index (χ4n) is 1.95. The number of amides is 1. The molecule has 0 radical (unpaired) electrons. The maximum absolute atomic E-state index is 12.0. The minimum absolute atomic E-state index is 0.0461. The second kappa shape index (κ2) is 8.25. The predicted molar refractivity (Wildman–Crippen MR) is 88.6 cm³/mol. The van der Waals surface area contributed by atoms with E-state index in [2.05, 4.69) is 10.6 Å². The first-order chi connectivity index (χ1) is 11.2. The van der Waals surface area contributed by atoms with E-state index >= 15 is 0 Å². The highest BCUT2D eigenvalue weighted by Gasteiger charge is 2.10. The van der Waals surface area contributed by atoms with Gasteiger partial charge in [0, 0.05) is 12.7 Å². The zero-order valence-electron chi connectivity index (χ0n) is 12.5. The average molecular weight is 307 g/mol. The van der Waals surface area contributed by atoms with Crippen molar-refractivity contribution < 1.29 is 9.90 Å². The Morgan fingerprint density at radius 2 is 1.83 bits per heavy atom. The van der Waals surface area contributed by atoms with Crippen LogP contribution in [0.5, 0.6) is 5.75 Å². The van der Waals surface area contributed by atoms with E-state index in [0.29, 0.717) is 6.54 Å². The topological polar surface area (TPSA) is 85.2 Å². The fourth-order valence-corrected chi connectivity index (χ4v) is 1.95. The van der Waals surface area contributed by atoms with E-state index in [1.54, 1.807) is 18.2 Å². The van der Waals surface area contributed by atoms with Gasteiger partial charge in [0.25, 0.3) is 5.91 Å². The van der Waals surface area contributed by atoms with Crippen molar-refractivity contribution in [2.24, 2.45) is 0 Å². The van der Waals surface area contributed by atoms with Gasteiger partial charge in [0.15, 0.2) is 0 Å². The number of anilines is 1. The first kappa shape index (κ1) is 16.1. The van der Waals surface area contributed by atoms with Crippen molar-refractivity contribution in [3.05, 3.63) is 71.9 Å². The molecule has 0 unspecified atom stereocenters. The summed E-state index contributed by atoms with van der Waals surface area (Å²) in [7, 11) is 0. The molecule has 5 nitrogen and oxygen atoms in total. The Bertz CT molecular complexity index is 733. The zero-order chi connectivity index (χ0) is 16.5. The molecule has 0 atom stereocenters. The van der Waals surface area contributed by atoms with Crippen LogP contribution < -0.4 is 10.6 Å². The maximum Gasteiger partial charge on any atom is 0.267 e. The monoisotopic (exact) mass is 307 g/mol. The minimum Gasteiger partial charge on any atom is -0.506 e. The summed E-state index contributed by atoms with van der Waals surface area (Å²) in [6.45, 7) is 0.610. The Hall–Kier alpha value is -3.26. The fraction of sp³-hybridized carbons (Fsp3) is 0.111. The Balaban J connectivity index is 1.90. The third-order valence-corrected chi connectivity index (χ3v) is 3.16. The molecule has 0 aliphatic rings. The summed E-state index contributed by atoms with van der Waals surface area (Å²) in [5.74, 6) is -0.614. The van der Waals surface area contributed by atoms with E-state index in [0.717, 1.165) is 6.42 Å². The number of hydrogen-bond acceptors (Lipinski definition) is 4. The summed E-state index contributed by atoms with van der Waals surface area (Å²) in [6.07, 6.45) is 2.18. The number of carbonyl (C=O) groups excluding carboxylic acids is 1. The molecule has 0 heterocycles. The first-order valence-corrected chi connectivity index (χ1v) is 7.17. The van der Waals surface area contributed by atoms with Crippen LogP contribution in [0.2, 0.25) is 0 Å². The molecule has 3 N–H and O–H groups in total. The average Bonchev–Trinajstić information content (AvgIpc) is 2.58. The van der Waals surface area contributed by atoms with Crippen LogP contribution in [0.15, 0.2) is 66.4 Å². The predicted octanol–water partition coefficient (Wildman–Crippen LogP) is 2.57. The van der Waals surface area contributed by atoms with Crippen molar-refractivity contribution in [2.45, 2.75) is 6.42 Å². The number of benzene rings is 2. The van der Waals surface area contributed by atoms with Crippen LogP contribution in [0.25, 0.3) is 0 Å². The molecule has 0 fully saturated rings. The van der Waals surface area contributed by atoms with Gasteiger partial charge in [-0.05, 0) is 24.1 Å². The van der Waals surface area contributed by atoms with Gasteiger partial charge in [-0.1, -0.05) is 42.5 Å². The number of carbonyl (C=O) groups is 1. The lowest BCUT2D eigenvalue weighted by Gasteiger charge is -2.06. The van der Waals surface area contributed by atoms with Gasteiger partial charge in [-0.25, -0.2) is 0 Å². The molecule has 0 aliphatic heterocycles. The largest absolute Gasteiger partial charge is 0.506 e. The minimum atomic E-state index is -0.568. The van der Waals surface area contributed by atoms with Gasteiger partial charge in [-0.3, -0.25) is 4.79 Å². The molecule has 2 aromatic carbocycles. The number of nitrogens with one attached hydrogen (secondary N) is 2. The second-order valence-corrected chi connectivity index (χ2v) is 4.83. The van der Waals surface area contributed by atoms with Gasteiger partial charge in [0.05, 0.1) is 5.69 Å². The molecule has 1 amide bonds. The van der Waals surface area contributed by atoms with E-state index < -0.39 is 5.91 Å². The van der Waals surface area contributed by atoms with Gasteiger partial charge < -0.3 is 15.7 Å². The van der Waals surface area contributed by atoms with Crippen molar-refractivity contribution in [3.8, 4) is 11.8 Å². The number of phenolic OH excluding ortho intramolecular Hbond substituents is 1. The Labute approximate surface area is 134 Å². The van der Waals surface area contributed by atoms with Gasteiger partial charge in [0.1, 0.15) is 17.4 Å². The standard InChI is InChI=1S/C18H17N3O2/c19-12-15(13-20-11-10-14-6-2-1-3-7-14)18(23)21-16-8-4-5-9-17(16)22/h1-9,13,20,22H,10-11H2,(H,21,23)/b15-13-. The molecule has 0 spiro atoms. The quantitative estimate of drug-likeness (QED) is 0.331. The van der Waals surface area contributed by atoms with E-state index in [4.69, 9.17) is 5.26 Å².